The monoisotopic (exact) mass is 304 g/mol. The first-order chi connectivity index (χ1) is 10.1. The molecule has 0 fully saturated rings. The summed E-state index contributed by atoms with van der Waals surface area (Å²) in [7, 11) is 0. The number of carbonyl (C=O) groups excluding carboxylic acids is 1. The van der Waals surface area contributed by atoms with Gasteiger partial charge in [-0.1, -0.05) is 30.3 Å². The average Bonchev–Trinajstić information content (AvgIpc) is 2.45. The molecule has 0 heterocycles. The van der Waals surface area contributed by atoms with Crippen LogP contribution in [0.25, 0.3) is 0 Å². The van der Waals surface area contributed by atoms with Crippen molar-refractivity contribution in [2.45, 2.75) is 13.5 Å². The van der Waals surface area contributed by atoms with Gasteiger partial charge in [0.15, 0.2) is 0 Å². The summed E-state index contributed by atoms with van der Waals surface area (Å²) in [4.78, 5) is 12.0. The summed E-state index contributed by atoms with van der Waals surface area (Å²) < 4.78 is 28.6. The molecule has 1 atom stereocenters. The molecule has 2 rings (SSSR count). The first-order valence-electron chi connectivity index (χ1n) is 6.24. The summed E-state index contributed by atoms with van der Waals surface area (Å²) in [5, 5.41) is 0. The molecule has 110 valence electrons. The van der Waals surface area contributed by atoms with Crippen LogP contribution < -0.4 is 4.72 Å². The Balaban J connectivity index is 2.04. The van der Waals surface area contributed by atoms with Crippen LogP contribution in [-0.2, 0) is 22.6 Å². The number of esters is 1. The van der Waals surface area contributed by atoms with Crippen molar-refractivity contribution in [1.29, 1.82) is 0 Å². The molecule has 2 aromatic carbocycles. The van der Waals surface area contributed by atoms with Gasteiger partial charge in [-0.05, 0) is 36.2 Å². The second-order valence-electron chi connectivity index (χ2n) is 4.43. The molecule has 0 aliphatic heterocycles. The van der Waals surface area contributed by atoms with E-state index in [0.717, 1.165) is 5.56 Å². The Labute approximate surface area is 125 Å². The van der Waals surface area contributed by atoms with Crippen LogP contribution in [0.3, 0.4) is 0 Å². The second kappa shape index (κ2) is 7.01. The van der Waals surface area contributed by atoms with Crippen molar-refractivity contribution >= 4 is 22.9 Å². The molecule has 0 aliphatic rings. The minimum absolute atomic E-state index is 0.198. The van der Waals surface area contributed by atoms with Crippen LogP contribution in [0, 0.1) is 6.92 Å². The van der Waals surface area contributed by atoms with Gasteiger partial charge in [0.1, 0.15) is 6.61 Å². The van der Waals surface area contributed by atoms with Crippen molar-refractivity contribution in [3.05, 3.63) is 65.2 Å². The van der Waals surface area contributed by atoms with Gasteiger partial charge in [0.05, 0.1) is 5.56 Å². The quantitative estimate of drug-likeness (QED) is 0.680. The van der Waals surface area contributed by atoms with Crippen LogP contribution in [-0.4, -0.2) is 14.7 Å². The molecular formula is C15H14NO4S-. The van der Waals surface area contributed by atoms with Crippen LogP contribution in [0.4, 0.5) is 5.69 Å². The molecule has 5 nitrogen and oxygen atoms in total. The highest BCUT2D eigenvalue weighted by Crippen LogP contribution is 2.17. The molecule has 0 spiro atoms. The number of anilines is 1. The lowest BCUT2D eigenvalue weighted by atomic mass is 10.1. The molecule has 0 aliphatic carbocycles. The third kappa shape index (κ3) is 4.40. The van der Waals surface area contributed by atoms with Gasteiger partial charge in [-0.25, -0.2) is 4.79 Å². The predicted molar refractivity (Wildman–Crippen MR) is 79.3 cm³/mol. The Hall–Kier alpha value is -2.18. The van der Waals surface area contributed by atoms with E-state index in [2.05, 4.69) is 4.72 Å². The van der Waals surface area contributed by atoms with Crippen LogP contribution >= 0.6 is 0 Å². The van der Waals surface area contributed by atoms with Crippen LogP contribution in [0.5, 0.6) is 0 Å². The molecular weight excluding hydrogens is 290 g/mol. The Morgan fingerprint density at radius 2 is 1.95 bits per heavy atom. The van der Waals surface area contributed by atoms with Gasteiger partial charge in [-0.15, -0.1) is 0 Å². The van der Waals surface area contributed by atoms with E-state index in [1.807, 2.05) is 30.3 Å². The molecule has 6 heteroatoms. The Morgan fingerprint density at radius 3 is 2.57 bits per heavy atom. The zero-order valence-corrected chi connectivity index (χ0v) is 12.2. The van der Waals surface area contributed by atoms with Crippen LogP contribution in [0.1, 0.15) is 21.5 Å². The highest BCUT2D eigenvalue weighted by atomic mass is 32.2. The molecule has 0 amide bonds. The van der Waals surface area contributed by atoms with E-state index >= 15 is 0 Å². The molecule has 0 aromatic heterocycles. The van der Waals surface area contributed by atoms with E-state index in [0.29, 0.717) is 16.8 Å². The van der Waals surface area contributed by atoms with E-state index < -0.39 is 17.2 Å². The summed E-state index contributed by atoms with van der Waals surface area (Å²) in [6, 6.07) is 14.0. The Kier molecular flexibility index (Phi) is 5.08. The van der Waals surface area contributed by atoms with E-state index in [9.17, 15) is 13.6 Å². The number of nitrogens with one attached hydrogen (secondary N) is 1. The number of aryl methyl sites for hydroxylation is 1. The molecule has 0 saturated heterocycles. The largest absolute Gasteiger partial charge is 0.755 e. The van der Waals surface area contributed by atoms with Crippen LogP contribution in [0.2, 0.25) is 0 Å². The normalized spacial score (nSPS) is 11.7. The number of hydrogen-bond acceptors (Lipinski definition) is 4. The van der Waals surface area contributed by atoms with Crippen LogP contribution in [0.15, 0.2) is 48.5 Å². The minimum atomic E-state index is -2.39. The van der Waals surface area contributed by atoms with Gasteiger partial charge in [0, 0.05) is 17.0 Å². The third-order valence-electron chi connectivity index (χ3n) is 2.86. The Morgan fingerprint density at radius 1 is 1.24 bits per heavy atom. The SMILES string of the molecule is Cc1cc(NS(=O)[O-])ccc1C(=O)OCc1ccccc1. The summed E-state index contributed by atoms with van der Waals surface area (Å²) in [5.41, 5.74) is 2.36. The summed E-state index contributed by atoms with van der Waals surface area (Å²) >= 11 is -2.39. The average molecular weight is 304 g/mol. The summed E-state index contributed by atoms with van der Waals surface area (Å²) in [6.07, 6.45) is 0. The minimum Gasteiger partial charge on any atom is -0.755 e. The fourth-order valence-corrected chi connectivity index (χ4v) is 2.17. The Bertz CT molecular complexity index is 658. The first kappa shape index (κ1) is 15.2. The lowest BCUT2D eigenvalue weighted by molar-refractivity contribution is 0.0472. The topological polar surface area (TPSA) is 78.5 Å². The number of ether oxygens (including phenoxy) is 1. The van der Waals surface area contributed by atoms with E-state index in [4.69, 9.17) is 4.74 Å². The number of rotatable bonds is 5. The van der Waals surface area contributed by atoms with Gasteiger partial charge in [-0.2, -0.15) is 0 Å². The molecule has 1 unspecified atom stereocenters. The zero-order valence-electron chi connectivity index (χ0n) is 11.4. The standard InChI is InChI=1S/C15H15NO4S/c1-11-9-13(16-21(18)19)7-8-14(11)15(17)20-10-12-5-3-2-4-6-12/h2-9,16H,10H2,1H3,(H,18,19)/p-1. The van der Waals surface area contributed by atoms with Crippen molar-refractivity contribution in [1.82, 2.24) is 0 Å². The van der Waals surface area contributed by atoms with Crippen molar-refractivity contribution in [2.24, 2.45) is 0 Å². The lowest BCUT2D eigenvalue weighted by Crippen LogP contribution is -2.08. The van der Waals surface area contributed by atoms with Gasteiger partial charge < -0.3 is 14.0 Å². The van der Waals surface area contributed by atoms with Crippen molar-refractivity contribution in [3.8, 4) is 0 Å². The fourth-order valence-electron chi connectivity index (χ4n) is 1.85. The highest BCUT2D eigenvalue weighted by Gasteiger charge is 2.11. The fraction of sp³-hybridized carbons (Fsp3) is 0.133. The van der Waals surface area contributed by atoms with E-state index in [1.54, 1.807) is 13.0 Å². The first-order valence-corrected chi connectivity index (χ1v) is 7.31. The lowest BCUT2D eigenvalue weighted by Gasteiger charge is -2.11. The number of benzene rings is 2. The molecule has 0 bridgehead atoms. The maximum absolute atomic E-state index is 12.0. The molecule has 0 saturated carbocycles. The molecule has 0 radical (unpaired) electrons. The van der Waals surface area contributed by atoms with Gasteiger partial charge >= 0.3 is 5.97 Å². The predicted octanol–water partition coefficient (Wildman–Crippen LogP) is 2.56. The second-order valence-corrected chi connectivity index (χ2v) is 5.10. The highest BCUT2D eigenvalue weighted by molar-refractivity contribution is 7.80. The van der Waals surface area contributed by atoms with Gasteiger partial charge in [-0.3, -0.25) is 4.21 Å². The summed E-state index contributed by atoms with van der Waals surface area (Å²) in [6.45, 7) is 1.92. The van der Waals surface area contributed by atoms with Gasteiger partial charge in [0.2, 0.25) is 0 Å². The number of carbonyl (C=O) groups is 1. The third-order valence-corrected chi connectivity index (χ3v) is 3.26. The smallest absolute Gasteiger partial charge is 0.338 e. The zero-order chi connectivity index (χ0) is 15.2. The van der Waals surface area contributed by atoms with E-state index in [1.165, 1.54) is 12.1 Å². The van der Waals surface area contributed by atoms with Gasteiger partial charge in [0.25, 0.3) is 0 Å². The maximum Gasteiger partial charge on any atom is 0.338 e. The molecule has 2 aromatic rings. The number of hydrogen-bond donors (Lipinski definition) is 1. The molecule has 1 N–H and O–H groups in total. The maximum atomic E-state index is 12.0. The van der Waals surface area contributed by atoms with E-state index in [-0.39, 0.29) is 6.61 Å². The molecule has 21 heavy (non-hydrogen) atoms. The summed E-state index contributed by atoms with van der Waals surface area (Å²) in [5.74, 6) is -0.439. The van der Waals surface area contributed by atoms with Crippen molar-refractivity contribution < 1.29 is 18.3 Å². The van der Waals surface area contributed by atoms with Crippen molar-refractivity contribution in [2.75, 3.05) is 4.72 Å². The van der Waals surface area contributed by atoms with Crippen molar-refractivity contribution in [3.63, 3.8) is 0 Å².